The maximum atomic E-state index is 11.7. The minimum Gasteiger partial charge on any atom is -0.356 e. The van der Waals surface area contributed by atoms with Crippen LogP contribution in [0.25, 0.3) is 0 Å². The standard InChI is InChI=1S/C15H30N4O3.HI/c1-6-12(2)18-14(17-11-13(20)19(4)5)16-8-7-15(3)21-9-10-22-15;/h12H,6-11H2,1-5H3,(H2,16,17,18);1H. The Morgan fingerprint density at radius 3 is 2.48 bits per heavy atom. The summed E-state index contributed by atoms with van der Waals surface area (Å²) in [6, 6.07) is 0.287. The Morgan fingerprint density at radius 1 is 1.35 bits per heavy atom. The molecule has 0 aromatic heterocycles. The Balaban J connectivity index is 0.00000484. The summed E-state index contributed by atoms with van der Waals surface area (Å²) >= 11 is 0. The smallest absolute Gasteiger partial charge is 0.243 e. The van der Waals surface area contributed by atoms with E-state index in [0.29, 0.717) is 25.7 Å². The number of carbonyl (C=O) groups excluding carboxylic acids is 1. The molecule has 0 aliphatic carbocycles. The van der Waals surface area contributed by atoms with Crippen LogP contribution in [-0.2, 0) is 14.3 Å². The van der Waals surface area contributed by atoms with Crippen molar-refractivity contribution in [3.05, 3.63) is 0 Å². The molecule has 0 aromatic rings. The molecule has 8 heteroatoms. The van der Waals surface area contributed by atoms with Gasteiger partial charge in [0.2, 0.25) is 5.91 Å². The fourth-order valence-electron chi connectivity index (χ4n) is 1.89. The van der Waals surface area contributed by atoms with Gasteiger partial charge in [-0.3, -0.25) is 4.79 Å². The zero-order chi connectivity index (χ0) is 16.6. The van der Waals surface area contributed by atoms with Crippen molar-refractivity contribution in [3.63, 3.8) is 0 Å². The number of nitrogens with zero attached hydrogens (tertiary/aromatic N) is 2. The molecule has 0 spiro atoms. The molecular formula is C15H31IN4O3. The third kappa shape index (κ3) is 8.71. The van der Waals surface area contributed by atoms with Gasteiger partial charge in [-0.05, 0) is 20.3 Å². The van der Waals surface area contributed by atoms with Crippen molar-refractivity contribution in [1.29, 1.82) is 0 Å². The van der Waals surface area contributed by atoms with Crippen LogP contribution in [0.5, 0.6) is 0 Å². The molecular weight excluding hydrogens is 411 g/mol. The van der Waals surface area contributed by atoms with Crippen LogP contribution < -0.4 is 10.6 Å². The quantitative estimate of drug-likeness (QED) is 0.352. The Kier molecular flexibility index (Phi) is 10.7. The molecule has 1 aliphatic heterocycles. The van der Waals surface area contributed by atoms with E-state index in [1.54, 1.807) is 14.1 Å². The number of aliphatic imine (C=N–C) groups is 1. The summed E-state index contributed by atoms with van der Waals surface area (Å²) in [5, 5.41) is 6.52. The van der Waals surface area contributed by atoms with Crippen molar-refractivity contribution in [2.24, 2.45) is 4.99 Å². The second kappa shape index (κ2) is 11.0. The van der Waals surface area contributed by atoms with Gasteiger partial charge in [-0.15, -0.1) is 24.0 Å². The Labute approximate surface area is 156 Å². The lowest BCUT2D eigenvalue weighted by Gasteiger charge is -2.23. The Hall–Kier alpha value is -0.610. The monoisotopic (exact) mass is 442 g/mol. The number of likely N-dealkylation sites (N-methyl/N-ethyl adjacent to an activating group) is 1. The highest BCUT2D eigenvalue weighted by Crippen LogP contribution is 2.21. The zero-order valence-corrected chi connectivity index (χ0v) is 17.2. The number of ether oxygens (including phenoxy) is 2. The van der Waals surface area contributed by atoms with E-state index in [1.165, 1.54) is 4.90 Å². The van der Waals surface area contributed by atoms with Crippen LogP contribution in [0, 0.1) is 0 Å². The molecule has 0 bridgehead atoms. The largest absolute Gasteiger partial charge is 0.356 e. The molecule has 1 unspecified atom stereocenters. The predicted molar refractivity (Wildman–Crippen MR) is 102 cm³/mol. The lowest BCUT2D eigenvalue weighted by molar-refractivity contribution is -0.145. The SMILES string of the molecule is CCC(C)NC(=NCC(=O)N(C)C)NCCC1(C)OCCO1.I. The summed E-state index contributed by atoms with van der Waals surface area (Å²) in [5.74, 6) is 0.0966. The molecule has 0 saturated carbocycles. The number of nitrogens with one attached hydrogen (secondary N) is 2. The highest BCUT2D eigenvalue weighted by molar-refractivity contribution is 14.0. The van der Waals surface area contributed by atoms with E-state index in [4.69, 9.17) is 9.47 Å². The van der Waals surface area contributed by atoms with Crippen LogP contribution in [0.1, 0.15) is 33.6 Å². The molecule has 23 heavy (non-hydrogen) atoms. The van der Waals surface area contributed by atoms with Crippen molar-refractivity contribution in [2.75, 3.05) is 40.4 Å². The van der Waals surface area contributed by atoms with E-state index in [0.717, 1.165) is 12.8 Å². The van der Waals surface area contributed by atoms with Crippen molar-refractivity contribution in [1.82, 2.24) is 15.5 Å². The van der Waals surface area contributed by atoms with E-state index in [1.807, 2.05) is 6.92 Å². The summed E-state index contributed by atoms with van der Waals surface area (Å²) in [6.07, 6.45) is 1.70. The van der Waals surface area contributed by atoms with Gasteiger partial charge < -0.3 is 25.0 Å². The first kappa shape index (κ1) is 22.4. The minimum absolute atomic E-state index is 0. The van der Waals surface area contributed by atoms with Gasteiger partial charge in [0.25, 0.3) is 0 Å². The molecule has 0 aromatic carbocycles. The highest BCUT2D eigenvalue weighted by Gasteiger charge is 2.30. The Morgan fingerprint density at radius 2 is 1.96 bits per heavy atom. The molecule has 1 aliphatic rings. The first-order valence-electron chi connectivity index (χ1n) is 7.89. The number of amides is 1. The van der Waals surface area contributed by atoms with Gasteiger partial charge in [0.1, 0.15) is 6.54 Å². The van der Waals surface area contributed by atoms with Crippen LogP contribution in [-0.4, -0.2) is 69.0 Å². The molecule has 1 amide bonds. The summed E-state index contributed by atoms with van der Waals surface area (Å²) in [7, 11) is 3.45. The molecule has 0 radical (unpaired) electrons. The summed E-state index contributed by atoms with van der Waals surface area (Å²) in [6.45, 7) is 8.19. The van der Waals surface area contributed by atoms with Crippen LogP contribution in [0.4, 0.5) is 0 Å². The number of guanidine groups is 1. The average molecular weight is 442 g/mol. The molecule has 1 rings (SSSR count). The number of rotatable bonds is 7. The van der Waals surface area contributed by atoms with Gasteiger partial charge in [-0.1, -0.05) is 6.92 Å². The Bertz CT molecular complexity index is 385. The normalized spacial score (nSPS) is 18.0. The van der Waals surface area contributed by atoms with Crippen LogP contribution in [0.15, 0.2) is 4.99 Å². The van der Waals surface area contributed by atoms with Crippen molar-refractivity contribution in [2.45, 2.75) is 45.4 Å². The van der Waals surface area contributed by atoms with E-state index in [-0.39, 0.29) is 42.5 Å². The molecule has 1 fully saturated rings. The first-order chi connectivity index (χ1) is 10.4. The number of hydrogen-bond acceptors (Lipinski definition) is 4. The van der Waals surface area contributed by atoms with Gasteiger partial charge >= 0.3 is 0 Å². The summed E-state index contributed by atoms with van der Waals surface area (Å²) in [4.78, 5) is 17.5. The van der Waals surface area contributed by atoms with Gasteiger partial charge in [0.15, 0.2) is 11.7 Å². The van der Waals surface area contributed by atoms with Crippen molar-refractivity contribution < 1.29 is 14.3 Å². The molecule has 7 nitrogen and oxygen atoms in total. The first-order valence-corrected chi connectivity index (χ1v) is 7.89. The highest BCUT2D eigenvalue weighted by atomic mass is 127. The summed E-state index contributed by atoms with van der Waals surface area (Å²) in [5.41, 5.74) is 0. The minimum atomic E-state index is -0.520. The third-order valence-corrected chi connectivity index (χ3v) is 3.64. The molecule has 2 N–H and O–H groups in total. The van der Waals surface area contributed by atoms with E-state index >= 15 is 0 Å². The molecule has 1 saturated heterocycles. The fourth-order valence-corrected chi connectivity index (χ4v) is 1.89. The lowest BCUT2D eigenvalue weighted by Crippen LogP contribution is -2.44. The lowest BCUT2D eigenvalue weighted by atomic mass is 10.2. The summed E-state index contributed by atoms with van der Waals surface area (Å²) < 4.78 is 11.1. The molecule has 136 valence electrons. The average Bonchev–Trinajstić information content (AvgIpc) is 2.90. The van der Waals surface area contributed by atoms with Crippen molar-refractivity contribution >= 4 is 35.8 Å². The predicted octanol–water partition coefficient (Wildman–Crippen LogP) is 1.18. The van der Waals surface area contributed by atoms with Crippen LogP contribution in [0.2, 0.25) is 0 Å². The van der Waals surface area contributed by atoms with Gasteiger partial charge in [-0.2, -0.15) is 0 Å². The van der Waals surface area contributed by atoms with Gasteiger partial charge in [-0.25, -0.2) is 4.99 Å². The molecule has 1 atom stereocenters. The van der Waals surface area contributed by atoms with E-state index in [2.05, 4.69) is 29.5 Å². The van der Waals surface area contributed by atoms with E-state index in [9.17, 15) is 4.79 Å². The maximum Gasteiger partial charge on any atom is 0.243 e. The van der Waals surface area contributed by atoms with Gasteiger partial charge in [0.05, 0.1) is 13.2 Å². The topological polar surface area (TPSA) is 75.2 Å². The van der Waals surface area contributed by atoms with Crippen molar-refractivity contribution in [3.8, 4) is 0 Å². The number of hydrogen-bond donors (Lipinski definition) is 2. The van der Waals surface area contributed by atoms with Crippen LogP contribution in [0.3, 0.4) is 0 Å². The third-order valence-electron chi connectivity index (χ3n) is 3.64. The number of carbonyl (C=O) groups is 1. The van der Waals surface area contributed by atoms with Crippen LogP contribution >= 0.6 is 24.0 Å². The fraction of sp³-hybridized carbons (Fsp3) is 0.867. The second-order valence-corrected chi connectivity index (χ2v) is 5.91. The number of halogens is 1. The van der Waals surface area contributed by atoms with Gasteiger partial charge in [0, 0.05) is 33.1 Å². The maximum absolute atomic E-state index is 11.7. The second-order valence-electron chi connectivity index (χ2n) is 5.91. The zero-order valence-electron chi connectivity index (χ0n) is 14.8. The molecule has 1 heterocycles. The van der Waals surface area contributed by atoms with E-state index < -0.39 is 5.79 Å².